The van der Waals surface area contributed by atoms with E-state index in [1.165, 1.54) is 11.8 Å². The molecule has 1 N–H and O–H groups in total. The third-order valence-corrected chi connectivity index (χ3v) is 5.46. The van der Waals surface area contributed by atoms with E-state index in [4.69, 9.17) is 4.74 Å². The summed E-state index contributed by atoms with van der Waals surface area (Å²) < 4.78 is 7.21. The summed E-state index contributed by atoms with van der Waals surface area (Å²) in [6.07, 6.45) is 1.72. The monoisotopic (exact) mass is 431 g/mol. The van der Waals surface area contributed by atoms with Crippen LogP contribution in [0.1, 0.15) is 5.56 Å². The van der Waals surface area contributed by atoms with Crippen LogP contribution in [0.15, 0.2) is 78.1 Å². The first kappa shape index (κ1) is 20.6. The maximum absolute atomic E-state index is 12.6. The van der Waals surface area contributed by atoms with Crippen LogP contribution in [-0.2, 0) is 4.79 Å². The summed E-state index contributed by atoms with van der Waals surface area (Å²) in [7, 11) is 1.57. The minimum atomic E-state index is -0.160. The number of nitrogens with zero attached hydrogens (tertiary/aromatic N) is 4. The Bertz CT molecular complexity index is 1180. The molecule has 0 saturated carbocycles. The second-order valence-electron chi connectivity index (χ2n) is 6.73. The number of rotatable bonds is 7. The Morgan fingerprint density at radius 1 is 1.03 bits per heavy atom. The number of hydrogen-bond donors (Lipinski definition) is 1. The first-order valence-corrected chi connectivity index (χ1v) is 10.6. The summed E-state index contributed by atoms with van der Waals surface area (Å²) >= 11 is 1.31. The third-order valence-electron chi connectivity index (χ3n) is 4.53. The Morgan fingerprint density at radius 2 is 1.81 bits per heavy atom. The number of aromatic nitrogens is 4. The second-order valence-corrected chi connectivity index (χ2v) is 7.67. The van der Waals surface area contributed by atoms with Crippen LogP contribution in [0.25, 0.3) is 17.2 Å². The Hall–Kier alpha value is -3.65. The number of anilines is 1. The molecule has 2 heterocycles. The number of amides is 1. The Morgan fingerprint density at radius 3 is 2.55 bits per heavy atom. The molecule has 31 heavy (non-hydrogen) atoms. The summed E-state index contributed by atoms with van der Waals surface area (Å²) in [6.45, 7) is 2.04. The van der Waals surface area contributed by atoms with Gasteiger partial charge in [0.05, 0.1) is 18.6 Å². The highest BCUT2D eigenvalue weighted by Crippen LogP contribution is 2.28. The van der Waals surface area contributed by atoms with E-state index in [0.717, 1.165) is 11.3 Å². The number of nitrogens with one attached hydrogen (secondary N) is 1. The summed E-state index contributed by atoms with van der Waals surface area (Å²) in [6, 6.07) is 21.0. The van der Waals surface area contributed by atoms with E-state index in [1.54, 1.807) is 25.4 Å². The van der Waals surface area contributed by atoms with Crippen molar-refractivity contribution < 1.29 is 9.53 Å². The molecule has 0 spiro atoms. The molecule has 0 unspecified atom stereocenters. The fourth-order valence-corrected chi connectivity index (χ4v) is 3.77. The molecule has 0 aliphatic carbocycles. The molecule has 0 saturated heterocycles. The molecule has 0 atom stereocenters. The fourth-order valence-electron chi connectivity index (χ4n) is 3.02. The van der Waals surface area contributed by atoms with E-state index in [-0.39, 0.29) is 11.7 Å². The van der Waals surface area contributed by atoms with E-state index in [9.17, 15) is 4.79 Å². The molecular weight excluding hydrogens is 410 g/mol. The average Bonchev–Trinajstić information content (AvgIpc) is 3.23. The van der Waals surface area contributed by atoms with Gasteiger partial charge in [-0.2, -0.15) is 0 Å². The van der Waals surface area contributed by atoms with E-state index in [2.05, 4.69) is 20.5 Å². The molecule has 8 heteroatoms. The molecule has 4 rings (SSSR count). The van der Waals surface area contributed by atoms with Crippen molar-refractivity contribution in [2.45, 2.75) is 12.1 Å². The van der Waals surface area contributed by atoms with Crippen molar-refractivity contribution in [3.05, 3.63) is 78.5 Å². The number of hydrogen-bond acceptors (Lipinski definition) is 6. The highest BCUT2D eigenvalue weighted by Gasteiger charge is 2.18. The lowest BCUT2D eigenvalue weighted by Gasteiger charge is -2.11. The largest absolute Gasteiger partial charge is 0.495 e. The normalized spacial score (nSPS) is 10.6. The number of carbonyl (C=O) groups is 1. The van der Waals surface area contributed by atoms with Gasteiger partial charge in [0.1, 0.15) is 11.4 Å². The summed E-state index contributed by atoms with van der Waals surface area (Å²) in [5.41, 5.74) is 3.40. The first-order valence-electron chi connectivity index (χ1n) is 9.65. The van der Waals surface area contributed by atoms with Crippen molar-refractivity contribution in [1.82, 2.24) is 19.7 Å². The van der Waals surface area contributed by atoms with Crippen LogP contribution in [-0.4, -0.2) is 38.5 Å². The smallest absolute Gasteiger partial charge is 0.234 e. The standard InChI is InChI=1S/C23H21N5O2S/c1-16-10-12-17(13-11-16)28-22(19-8-5-6-14-24-19)26-27-23(28)31-15-21(29)25-18-7-3-4-9-20(18)30-2/h3-14H,15H2,1-2H3,(H,25,29). The van der Waals surface area contributed by atoms with Crippen LogP contribution < -0.4 is 10.1 Å². The van der Waals surface area contributed by atoms with Crippen LogP contribution in [0, 0.1) is 6.92 Å². The van der Waals surface area contributed by atoms with Gasteiger partial charge in [-0.05, 0) is 43.3 Å². The van der Waals surface area contributed by atoms with E-state index < -0.39 is 0 Å². The summed E-state index contributed by atoms with van der Waals surface area (Å²) in [5, 5.41) is 12.2. The minimum absolute atomic E-state index is 0.160. The van der Waals surface area contributed by atoms with Gasteiger partial charge in [-0.3, -0.25) is 14.3 Å². The van der Waals surface area contributed by atoms with Crippen molar-refractivity contribution in [2.75, 3.05) is 18.2 Å². The lowest BCUT2D eigenvalue weighted by molar-refractivity contribution is -0.113. The van der Waals surface area contributed by atoms with Gasteiger partial charge < -0.3 is 10.1 Å². The Kier molecular flexibility index (Phi) is 6.28. The average molecular weight is 432 g/mol. The first-order chi connectivity index (χ1) is 15.2. The highest BCUT2D eigenvalue weighted by molar-refractivity contribution is 7.99. The quantitative estimate of drug-likeness (QED) is 0.438. The highest BCUT2D eigenvalue weighted by atomic mass is 32.2. The number of thioether (sulfide) groups is 1. The van der Waals surface area contributed by atoms with Gasteiger partial charge in [-0.25, -0.2) is 0 Å². The maximum atomic E-state index is 12.6. The number of carbonyl (C=O) groups excluding carboxylic acids is 1. The van der Waals surface area contributed by atoms with Crippen LogP contribution >= 0.6 is 11.8 Å². The van der Waals surface area contributed by atoms with Crippen molar-refractivity contribution >= 4 is 23.4 Å². The maximum Gasteiger partial charge on any atom is 0.234 e. The SMILES string of the molecule is COc1ccccc1NC(=O)CSc1nnc(-c2ccccn2)n1-c1ccc(C)cc1. The predicted octanol–water partition coefficient (Wildman–Crippen LogP) is 4.38. The van der Waals surface area contributed by atoms with Crippen molar-refractivity contribution in [3.8, 4) is 23.0 Å². The van der Waals surface area contributed by atoms with Crippen LogP contribution in [0.4, 0.5) is 5.69 Å². The second kappa shape index (κ2) is 9.44. The van der Waals surface area contributed by atoms with Gasteiger partial charge >= 0.3 is 0 Å². The molecule has 4 aromatic rings. The molecule has 156 valence electrons. The number of ether oxygens (including phenoxy) is 1. The number of benzene rings is 2. The lowest BCUT2D eigenvalue weighted by Crippen LogP contribution is -2.15. The fraction of sp³-hybridized carbons (Fsp3) is 0.130. The zero-order chi connectivity index (χ0) is 21.6. The van der Waals surface area contributed by atoms with Crippen molar-refractivity contribution in [3.63, 3.8) is 0 Å². The molecular formula is C23H21N5O2S. The van der Waals surface area contributed by atoms with Crippen LogP contribution in [0.3, 0.4) is 0 Å². The molecule has 0 aliphatic rings. The van der Waals surface area contributed by atoms with Gasteiger partial charge in [0.15, 0.2) is 11.0 Å². The van der Waals surface area contributed by atoms with E-state index in [0.29, 0.717) is 28.1 Å². The molecule has 2 aromatic carbocycles. The zero-order valence-corrected chi connectivity index (χ0v) is 18.0. The molecule has 0 aliphatic heterocycles. The van der Waals surface area contributed by atoms with Gasteiger partial charge in [-0.1, -0.05) is 47.7 Å². The van der Waals surface area contributed by atoms with Gasteiger partial charge in [-0.15, -0.1) is 10.2 Å². The third kappa shape index (κ3) is 4.75. The molecule has 0 radical (unpaired) electrons. The van der Waals surface area contributed by atoms with Gasteiger partial charge in [0, 0.05) is 11.9 Å². The molecule has 0 bridgehead atoms. The van der Waals surface area contributed by atoms with E-state index >= 15 is 0 Å². The minimum Gasteiger partial charge on any atom is -0.495 e. The molecule has 1 amide bonds. The Labute approximate surface area is 184 Å². The number of aryl methyl sites for hydroxylation is 1. The van der Waals surface area contributed by atoms with Crippen LogP contribution in [0.2, 0.25) is 0 Å². The zero-order valence-electron chi connectivity index (χ0n) is 17.1. The van der Waals surface area contributed by atoms with Crippen LogP contribution in [0.5, 0.6) is 5.75 Å². The molecule has 7 nitrogen and oxygen atoms in total. The van der Waals surface area contributed by atoms with Gasteiger partial charge in [0.25, 0.3) is 0 Å². The van der Waals surface area contributed by atoms with Crippen molar-refractivity contribution in [1.29, 1.82) is 0 Å². The topological polar surface area (TPSA) is 81.9 Å². The number of pyridine rings is 1. The predicted molar refractivity (Wildman–Crippen MR) is 122 cm³/mol. The number of methoxy groups -OCH3 is 1. The van der Waals surface area contributed by atoms with Crippen molar-refractivity contribution in [2.24, 2.45) is 0 Å². The molecule has 0 fully saturated rings. The lowest BCUT2D eigenvalue weighted by atomic mass is 10.2. The molecule has 2 aromatic heterocycles. The van der Waals surface area contributed by atoms with E-state index in [1.807, 2.05) is 66.1 Å². The van der Waals surface area contributed by atoms with Gasteiger partial charge in [0.2, 0.25) is 5.91 Å². The Balaban J connectivity index is 1.59. The summed E-state index contributed by atoms with van der Waals surface area (Å²) in [4.78, 5) is 17.0. The summed E-state index contributed by atoms with van der Waals surface area (Å²) in [5.74, 6) is 1.25. The number of para-hydroxylation sites is 2.